The van der Waals surface area contributed by atoms with Crippen molar-refractivity contribution in [1.82, 2.24) is 4.98 Å². The van der Waals surface area contributed by atoms with Gasteiger partial charge < -0.3 is 14.8 Å². The van der Waals surface area contributed by atoms with E-state index < -0.39 is 0 Å². The molecule has 0 unspecified atom stereocenters. The van der Waals surface area contributed by atoms with Crippen LogP contribution >= 0.6 is 0 Å². The summed E-state index contributed by atoms with van der Waals surface area (Å²) in [7, 11) is 0. The number of aromatic nitrogens is 1. The highest BCUT2D eigenvalue weighted by Crippen LogP contribution is 2.36. The summed E-state index contributed by atoms with van der Waals surface area (Å²) in [5.41, 5.74) is 3.16. The van der Waals surface area contributed by atoms with E-state index in [1.54, 1.807) is 0 Å². The van der Waals surface area contributed by atoms with Gasteiger partial charge in [-0.2, -0.15) is 0 Å². The number of rotatable bonds is 3. The normalized spacial score (nSPS) is 14.1. The van der Waals surface area contributed by atoms with E-state index in [0.29, 0.717) is 13.2 Å². The molecule has 0 amide bonds. The number of nitrogens with zero attached hydrogens (tertiary/aromatic N) is 1. The molecule has 2 aromatic rings. The third kappa shape index (κ3) is 2.38. The van der Waals surface area contributed by atoms with Crippen LogP contribution < -0.4 is 14.8 Å². The van der Waals surface area contributed by atoms with Gasteiger partial charge in [0.2, 0.25) is 0 Å². The third-order valence-corrected chi connectivity index (χ3v) is 3.46. The number of aryl methyl sites for hydroxylation is 1. The molecule has 3 rings (SSSR count). The van der Waals surface area contributed by atoms with Crippen LogP contribution in [0.5, 0.6) is 11.5 Å². The molecule has 0 radical (unpaired) electrons. The maximum absolute atomic E-state index is 5.77. The SMILES string of the molecule is CCNc1cc(CC)nc2cc3c(cc12)OCCCO3. The van der Waals surface area contributed by atoms with Gasteiger partial charge in [-0.3, -0.25) is 4.98 Å². The summed E-state index contributed by atoms with van der Waals surface area (Å²) in [6.07, 6.45) is 1.83. The van der Waals surface area contributed by atoms with E-state index in [4.69, 9.17) is 14.5 Å². The van der Waals surface area contributed by atoms with Crippen molar-refractivity contribution in [3.63, 3.8) is 0 Å². The lowest BCUT2D eigenvalue weighted by Crippen LogP contribution is -2.01. The van der Waals surface area contributed by atoms with E-state index in [9.17, 15) is 0 Å². The van der Waals surface area contributed by atoms with E-state index in [0.717, 1.165) is 53.2 Å². The maximum atomic E-state index is 5.77. The first-order valence-electron chi connectivity index (χ1n) is 7.29. The maximum Gasteiger partial charge on any atom is 0.163 e. The minimum Gasteiger partial charge on any atom is -0.490 e. The fraction of sp³-hybridized carbons (Fsp3) is 0.438. The molecule has 0 saturated carbocycles. The summed E-state index contributed by atoms with van der Waals surface area (Å²) in [5.74, 6) is 1.62. The molecule has 0 spiro atoms. The lowest BCUT2D eigenvalue weighted by Gasteiger charge is -2.13. The van der Waals surface area contributed by atoms with Crippen LogP contribution in [0.25, 0.3) is 10.9 Å². The van der Waals surface area contributed by atoms with E-state index in [-0.39, 0.29) is 0 Å². The predicted molar refractivity (Wildman–Crippen MR) is 80.9 cm³/mol. The summed E-state index contributed by atoms with van der Waals surface area (Å²) < 4.78 is 11.5. The quantitative estimate of drug-likeness (QED) is 0.930. The fourth-order valence-corrected chi connectivity index (χ4v) is 2.46. The van der Waals surface area contributed by atoms with Gasteiger partial charge in [0, 0.05) is 35.8 Å². The van der Waals surface area contributed by atoms with E-state index in [1.807, 2.05) is 12.1 Å². The molecule has 0 saturated heterocycles. The van der Waals surface area contributed by atoms with Gasteiger partial charge in [0.25, 0.3) is 0 Å². The monoisotopic (exact) mass is 272 g/mol. The van der Waals surface area contributed by atoms with Crippen molar-refractivity contribution in [2.75, 3.05) is 25.1 Å². The van der Waals surface area contributed by atoms with Crippen LogP contribution in [0.4, 0.5) is 5.69 Å². The highest BCUT2D eigenvalue weighted by Gasteiger charge is 2.14. The van der Waals surface area contributed by atoms with Crippen molar-refractivity contribution in [2.24, 2.45) is 0 Å². The van der Waals surface area contributed by atoms with Crippen LogP contribution in [-0.4, -0.2) is 24.7 Å². The number of hydrogen-bond donors (Lipinski definition) is 1. The Balaban J connectivity index is 2.18. The zero-order chi connectivity index (χ0) is 13.9. The Hall–Kier alpha value is -1.97. The van der Waals surface area contributed by atoms with E-state index >= 15 is 0 Å². The van der Waals surface area contributed by atoms with Gasteiger partial charge in [0.1, 0.15) is 0 Å². The number of benzene rings is 1. The fourth-order valence-electron chi connectivity index (χ4n) is 2.46. The van der Waals surface area contributed by atoms with Crippen molar-refractivity contribution < 1.29 is 9.47 Å². The average Bonchev–Trinajstić information content (AvgIpc) is 2.70. The molecule has 4 nitrogen and oxygen atoms in total. The zero-order valence-corrected chi connectivity index (χ0v) is 12.0. The second-order valence-corrected chi connectivity index (χ2v) is 4.91. The Morgan fingerprint density at radius 3 is 2.55 bits per heavy atom. The molecule has 1 aliphatic rings. The largest absolute Gasteiger partial charge is 0.490 e. The van der Waals surface area contributed by atoms with Crippen molar-refractivity contribution in [3.8, 4) is 11.5 Å². The number of hydrogen-bond acceptors (Lipinski definition) is 4. The molecular weight excluding hydrogens is 252 g/mol. The second kappa shape index (κ2) is 5.57. The second-order valence-electron chi connectivity index (χ2n) is 4.91. The number of nitrogens with one attached hydrogen (secondary N) is 1. The number of anilines is 1. The van der Waals surface area contributed by atoms with Crippen molar-refractivity contribution in [1.29, 1.82) is 0 Å². The summed E-state index contributed by atoms with van der Waals surface area (Å²) in [5, 5.41) is 4.50. The molecule has 20 heavy (non-hydrogen) atoms. The molecule has 4 heteroatoms. The van der Waals surface area contributed by atoms with Crippen LogP contribution in [0.2, 0.25) is 0 Å². The minimum atomic E-state index is 0.700. The first kappa shape index (κ1) is 13.0. The standard InChI is InChI=1S/C16H20N2O2/c1-3-11-8-13(17-4-2)12-9-15-16(10-14(12)18-11)20-7-5-6-19-15/h8-10H,3-7H2,1-2H3,(H,17,18). The van der Waals surface area contributed by atoms with Gasteiger partial charge in [-0.25, -0.2) is 0 Å². The van der Waals surface area contributed by atoms with Crippen molar-refractivity contribution in [3.05, 3.63) is 23.9 Å². The van der Waals surface area contributed by atoms with Gasteiger partial charge >= 0.3 is 0 Å². The lowest BCUT2D eigenvalue weighted by molar-refractivity contribution is 0.297. The van der Waals surface area contributed by atoms with Gasteiger partial charge in [-0.05, 0) is 25.5 Å². The molecule has 0 fully saturated rings. The first-order chi connectivity index (χ1) is 9.81. The molecule has 106 valence electrons. The summed E-state index contributed by atoms with van der Waals surface area (Å²) >= 11 is 0. The van der Waals surface area contributed by atoms with Gasteiger partial charge in [-0.15, -0.1) is 0 Å². The Morgan fingerprint density at radius 2 is 1.85 bits per heavy atom. The molecular formula is C16H20N2O2. The number of fused-ring (bicyclic) bond motifs is 2. The molecule has 0 aliphatic carbocycles. The van der Waals surface area contributed by atoms with E-state index in [2.05, 4.69) is 25.2 Å². The average molecular weight is 272 g/mol. The molecule has 1 aromatic carbocycles. The third-order valence-electron chi connectivity index (χ3n) is 3.46. The lowest BCUT2D eigenvalue weighted by atomic mass is 10.1. The molecule has 1 N–H and O–H groups in total. The first-order valence-corrected chi connectivity index (χ1v) is 7.29. The zero-order valence-electron chi connectivity index (χ0n) is 12.0. The summed E-state index contributed by atoms with van der Waals surface area (Å²) in [4.78, 5) is 4.70. The predicted octanol–water partition coefficient (Wildman–Crippen LogP) is 3.39. The molecule has 1 aromatic heterocycles. The van der Waals surface area contributed by atoms with Crippen molar-refractivity contribution >= 4 is 16.6 Å². The van der Waals surface area contributed by atoms with Crippen molar-refractivity contribution in [2.45, 2.75) is 26.7 Å². The van der Waals surface area contributed by atoms with Crippen LogP contribution in [0.1, 0.15) is 26.0 Å². The molecule has 0 bridgehead atoms. The smallest absolute Gasteiger partial charge is 0.163 e. The minimum absolute atomic E-state index is 0.700. The van der Waals surface area contributed by atoms with Gasteiger partial charge in [0.05, 0.1) is 18.7 Å². The molecule has 1 aliphatic heterocycles. The Bertz CT molecular complexity index is 625. The number of ether oxygens (including phenoxy) is 2. The molecule has 0 atom stereocenters. The summed E-state index contributed by atoms with van der Waals surface area (Å²) in [6, 6.07) is 6.16. The van der Waals surface area contributed by atoms with Gasteiger partial charge in [0.15, 0.2) is 11.5 Å². The Labute approximate surface area is 119 Å². The summed E-state index contributed by atoms with van der Waals surface area (Å²) in [6.45, 7) is 6.51. The Kier molecular flexibility index (Phi) is 3.63. The molecule has 2 heterocycles. The van der Waals surface area contributed by atoms with E-state index in [1.165, 1.54) is 0 Å². The van der Waals surface area contributed by atoms with Crippen LogP contribution in [0.3, 0.4) is 0 Å². The number of pyridine rings is 1. The van der Waals surface area contributed by atoms with Crippen LogP contribution in [-0.2, 0) is 6.42 Å². The van der Waals surface area contributed by atoms with Crippen LogP contribution in [0.15, 0.2) is 18.2 Å². The topological polar surface area (TPSA) is 43.4 Å². The van der Waals surface area contributed by atoms with Crippen LogP contribution in [0, 0.1) is 0 Å². The highest BCUT2D eigenvalue weighted by atomic mass is 16.5. The van der Waals surface area contributed by atoms with Gasteiger partial charge in [-0.1, -0.05) is 6.92 Å². The highest BCUT2D eigenvalue weighted by molar-refractivity contribution is 5.94. The Morgan fingerprint density at radius 1 is 1.10 bits per heavy atom.